The number of carbonyl (C=O) groups is 1. The molecule has 4 rings (SSSR count). The van der Waals surface area contributed by atoms with Crippen molar-refractivity contribution in [3.8, 4) is 0 Å². The second-order valence-corrected chi connectivity index (χ2v) is 8.92. The number of nitrogens with zero attached hydrogens (tertiary/aromatic N) is 1. The Morgan fingerprint density at radius 2 is 1.81 bits per heavy atom. The Balaban J connectivity index is 1.80. The number of rotatable bonds is 4. The van der Waals surface area contributed by atoms with Crippen LogP contribution in [0.5, 0.6) is 0 Å². The SMILES string of the molecule is CN(C)C12CC3CC(CC(OC(=O)CS(=O)(=O)O)(C3)C1)C2. The summed E-state index contributed by atoms with van der Waals surface area (Å²) in [4.78, 5) is 14.1. The average Bonchev–Trinajstić information content (AvgIpc) is 2.22. The van der Waals surface area contributed by atoms with E-state index in [0.29, 0.717) is 11.8 Å². The monoisotopic (exact) mass is 317 g/mol. The van der Waals surface area contributed by atoms with Crippen LogP contribution in [-0.2, 0) is 19.6 Å². The van der Waals surface area contributed by atoms with Gasteiger partial charge >= 0.3 is 5.97 Å². The van der Waals surface area contributed by atoms with Gasteiger partial charge in [-0.05, 0) is 58.0 Å². The van der Waals surface area contributed by atoms with Crippen molar-refractivity contribution in [2.75, 3.05) is 19.8 Å². The molecule has 4 aliphatic carbocycles. The zero-order valence-electron chi connectivity index (χ0n) is 12.5. The molecule has 120 valence electrons. The van der Waals surface area contributed by atoms with Crippen molar-refractivity contribution in [3.05, 3.63) is 0 Å². The fourth-order valence-corrected chi connectivity index (χ4v) is 5.55. The Kier molecular flexibility index (Phi) is 3.39. The zero-order valence-corrected chi connectivity index (χ0v) is 13.4. The van der Waals surface area contributed by atoms with Crippen LogP contribution in [0.2, 0.25) is 0 Å². The predicted octanol–water partition coefficient (Wildman–Crippen LogP) is 1.07. The molecule has 0 spiro atoms. The molecule has 0 aromatic rings. The highest BCUT2D eigenvalue weighted by atomic mass is 32.2. The van der Waals surface area contributed by atoms with E-state index < -0.39 is 27.4 Å². The third-order valence-electron chi connectivity index (χ3n) is 5.56. The fraction of sp³-hybridized carbons (Fsp3) is 0.929. The number of esters is 1. The van der Waals surface area contributed by atoms with E-state index in [1.807, 2.05) is 0 Å². The van der Waals surface area contributed by atoms with E-state index in [1.165, 1.54) is 6.42 Å². The molecule has 4 aliphatic rings. The summed E-state index contributed by atoms with van der Waals surface area (Å²) in [6, 6.07) is 0. The quantitative estimate of drug-likeness (QED) is 0.617. The van der Waals surface area contributed by atoms with E-state index in [9.17, 15) is 13.2 Å². The van der Waals surface area contributed by atoms with Crippen molar-refractivity contribution >= 4 is 16.1 Å². The molecular formula is C14H23NO5S. The van der Waals surface area contributed by atoms with Crippen molar-refractivity contribution in [1.82, 2.24) is 4.90 Å². The normalized spacial score (nSPS) is 41.5. The van der Waals surface area contributed by atoms with E-state index in [-0.39, 0.29) is 5.54 Å². The summed E-state index contributed by atoms with van der Waals surface area (Å²) in [6.07, 6.45) is 5.89. The van der Waals surface area contributed by atoms with Crippen LogP contribution in [0.4, 0.5) is 0 Å². The maximum absolute atomic E-state index is 11.8. The second kappa shape index (κ2) is 4.67. The minimum Gasteiger partial charge on any atom is -0.458 e. The summed E-state index contributed by atoms with van der Waals surface area (Å²) in [5.41, 5.74) is -0.460. The van der Waals surface area contributed by atoms with Gasteiger partial charge in [-0.3, -0.25) is 9.35 Å². The molecule has 1 N–H and O–H groups in total. The average molecular weight is 317 g/mol. The van der Waals surface area contributed by atoms with Crippen molar-refractivity contribution in [2.24, 2.45) is 11.8 Å². The first-order valence-corrected chi connectivity index (χ1v) is 9.07. The lowest BCUT2D eigenvalue weighted by Crippen LogP contribution is -2.65. The van der Waals surface area contributed by atoms with Gasteiger partial charge in [0.2, 0.25) is 0 Å². The molecule has 0 aromatic carbocycles. The van der Waals surface area contributed by atoms with Gasteiger partial charge in [-0.1, -0.05) is 0 Å². The summed E-state index contributed by atoms with van der Waals surface area (Å²) in [7, 11) is -0.183. The minimum atomic E-state index is -4.32. The van der Waals surface area contributed by atoms with Crippen LogP contribution >= 0.6 is 0 Å². The molecule has 0 saturated heterocycles. The molecule has 21 heavy (non-hydrogen) atoms. The summed E-state index contributed by atoms with van der Waals surface area (Å²) < 4.78 is 36.1. The Labute approximate surface area is 125 Å². The summed E-state index contributed by atoms with van der Waals surface area (Å²) >= 11 is 0. The van der Waals surface area contributed by atoms with Crippen molar-refractivity contribution in [3.63, 3.8) is 0 Å². The molecule has 0 radical (unpaired) electrons. The Bertz CT molecular complexity index is 542. The minimum absolute atomic E-state index is 0.0719. The molecule has 4 fully saturated rings. The van der Waals surface area contributed by atoms with Crippen LogP contribution in [0.25, 0.3) is 0 Å². The van der Waals surface area contributed by atoms with Gasteiger partial charge in [0, 0.05) is 12.0 Å². The molecule has 4 saturated carbocycles. The number of carbonyl (C=O) groups excluding carboxylic acids is 1. The highest BCUT2D eigenvalue weighted by Crippen LogP contribution is 2.60. The zero-order chi connectivity index (χ0) is 15.5. The topological polar surface area (TPSA) is 83.9 Å². The molecule has 2 unspecified atom stereocenters. The highest BCUT2D eigenvalue weighted by molar-refractivity contribution is 7.86. The van der Waals surface area contributed by atoms with E-state index >= 15 is 0 Å². The first-order chi connectivity index (χ1) is 9.62. The van der Waals surface area contributed by atoms with E-state index in [2.05, 4.69) is 19.0 Å². The van der Waals surface area contributed by atoms with Gasteiger partial charge in [0.05, 0.1) is 0 Å². The van der Waals surface area contributed by atoms with Gasteiger partial charge in [-0.2, -0.15) is 8.42 Å². The van der Waals surface area contributed by atoms with E-state index in [4.69, 9.17) is 9.29 Å². The van der Waals surface area contributed by atoms with Crippen LogP contribution in [0.1, 0.15) is 38.5 Å². The molecule has 7 heteroatoms. The van der Waals surface area contributed by atoms with Crippen LogP contribution in [-0.4, -0.2) is 54.8 Å². The summed E-state index contributed by atoms with van der Waals surface area (Å²) in [5.74, 6) is -0.674. The number of ether oxygens (including phenoxy) is 1. The fourth-order valence-electron chi connectivity index (χ4n) is 5.19. The Morgan fingerprint density at radius 1 is 1.24 bits per heavy atom. The Hall–Kier alpha value is -0.660. The molecule has 6 nitrogen and oxygen atoms in total. The van der Waals surface area contributed by atoms with Gasteiger partial charge in [0.15, 0.2) is 5.75 Å². The van der Waals surface area contributed by atoms with Crippen molar-refractivity contribution in [2.45, 2.75) is 49.7 Å². The third-order valence-corrected chi connectivity index (χ3v) is 6.16. The second-order valence-electron chi connectivity index (χ2n) is 7.46. The smallest absolute Gasteiger partial charge is 0.324 e. The van der Waals surface area contributed by atoms with Crippen molar-refractivity contribution in [1.29, 1.82) is 0 Å². The van der Waals surface area contributed by atoms with Gasteiger partial charge in [-0.15, -0.1) is 0 Å². The molecular weight excluding hydrogens is 294 g/mol. The Morgan fingerprint density at radius 3 is 2.29 bits per heavy atom. The maximum atomic E-state index is 11.8. The molecule has 0 heterocycles. The largest absolute Gasteiger partial charge is 0.458 e. The molecule has 0 amide bonds. The summed E-state index contributed by atoms with van der Waals surface area (Å²) in [6.45, 7) is 0. The van der Waals surface area contributed by atoms with E-state index in [0.717, 1.165) is 32.1 Å². The molecule has 0 aliphatic heterocycles. The lowest BCUT2D eigenvalue weighted by atomic mass is 9.50. The molecule has 0 aromatic heterocycles. The van der Waals surface area contributed by atoms with Crippen LogP contribution in [0.15, 0.2) is 0 Å². The number of hydrogen-bond acceptors (Lipinski definition) is 5. The lowest BCUT2D eigenvalue weighted by molar-refractivity contribution is -0.200. The van der Waals surface area contributed by atoms with Gasteiger partial charge in [0.1, 0.15) is 5.60 Å². The lowest BCUT2D eigenvalue weighted by Gasteiger charge is -2.63. The first-order valence-electron chi connectivity index (χ1n) is 7.46. The van der Waals surface area contributed by atoms with Gasteiger partial charge < -0.3 is 9.64 Å². The van der Waals surface area contributed by atoms with Crippen LogP contribution < -0.4 is 0 Å². The third kappa shape index (κ3) is 2.83. The van der Waals surface area contributed by atoms with Gasteiger partial charge in [0.25, 0.3) is 10.1 Å². The number of hydrogen-bond donors (Lipinski definition) is 1. The first kappa shape index (κ1) is 15.2. The molecule has 4 bridgehead atoms. The summed E-state index contributed by atoms with van der Waals surface area (Å²) in [5, 5.41) is 0. The standard InChI is InChI=1S/C14H23NO5S/c1-15(2)13-4-10-3-11(5-13)7-14(6-10,9-13)20-12(16)8-21(17,18)19/h10-11H,3-9H2,1-2H3,(H,17,18,19). The highest BCUT2D eigenvalue weighted by Gasteiger charge is 2.60. The van der Waals surface area contributed by atoms with Crippen LogP contribution in [0, 0.1) is 11.8 Å². The predicted molar refractivity (Wildman–Crippen MR) is 76.3 cm³/mol. The van der Waals surface area contributed by atoms with Crippen molar-refractivity contribution < 1.29 is 22.5 Å². The maximum Gasteiger partial charge on any atom is 0.324 e. The van der Waals surface area contributed by atoms with Crippen LogP contribution in [0.3, 0.4) is 0 Å². The van der Waals surface area contributed by atoms with Gasteiger partial charge in [-0.25, -0.2) is 0 Å². The van der Waals surface area contributed by atoms with E-state index in [1.54, 1.807) is 0 Å². The molecule has 2 atom stereocenters.